The Morgan fingerprint density at radius 1 is 1.31 bits per heavy atom. The van der Waals surface area contributed by atoms with Crippen molar-refractivity contribution in [2.75, 3.05) is 18.5 Å². The fourth-order valence-corrected chi connectivity index (χ4v) is 2.18. The van der Waals surface area contributed by atoms with Crippen LogP contribution >= 0.6 is 0 Å². The quantitative estimate of drug-likeness (QED) is 0.841. The predicted octanol–water partition coefficient (Wildman–Crippen LogP) is 2.98. The lowest BCUT2D eigenvalue weighted by atomic mass is 9.85. The number of hydrogen-bond donors (Lipinski definition) is 1. The molecule has 0 aromatic heterocycles. The van der Waals surface area contributed by atoms with Gasteiger partial charge in [-0.25, -0.2) is 0 Å². The van der Waals surface area contributed by atoms with Crippen molar-refractivity contribution in [2.24, 2.45) is 5.92 Å². The number of benzene rings is 1. The van der Waals surface area contributed by atoms with E-state index in [4.69, 9.17) is 0 Å². The normalized spacial score (nSPS) is 17.9. The Morgan fingerprint density at radius 2 is 1.94 bits per heavy atom. The van der Waals surface area contributed by atoms with Crippen LogP contribution in [0.5, 0.6) is 0 Å². The van der Waals surface area contributed by atoms with Crippen molar-refractivity contribution in [3.05, 3.63) is 29.8 Å². The topological polar surface area (TPSA) is 23.5 Å². The molecular weight excluding hydrogens is 198 g/mol. The molecule has 0 amide bonds. The molecule has 1 aromatic rings. The SMILES string of the molecule is C[C@@H](O)c1ccc(N(C)CC2CCC2)cc1. The molecule has 0 unspecified atom stereocenters. The molecule has 1 aliphatic rings. The Bertz CT molecular complexity index is 327. The van der Waals surface area contributed by atoms with Gasteiger partial charge in [0.2, 0.25) is 0 Å². The van der Waals surface area contributed by atoms with Crippen LogP contribution in [-0.2, 0) is 0 Å². The third kappa shape index (κ3) is 2.56. The summed E-state index contributed by atoms with van der Waals surface area (Å²) < 4.78 is 0. The summed E-state index contributed by atoms with van der Waals surface area (Å²) >= 11 is 0. The minimum Gasteiger partial charge on any atom is -0.389 e. The van der Waals surface area contributed by atoms with Gasteiger partial charge in [-0.2, -0.15) is 0 Å². The van der Waals surface area contributed by atoms with E-state index in [9.17, 15) is 5.11 Å². The third-order valence-electron chi connectivity index (χ3n) is 3.57. The molecule has 0 bridgehead atoms. The van der Waals surface area contributed by atoms with E-state index in [2.05, 4.69) is 24.1 Å². The van der Waals surface area contributed by atoms with E-state index in [1.807, 2.05) is 12.1 Å². The van der Waals surface area contributed by atoms with Gasteiger partial charge in [0.25, 0.3) is 0 Å². The summed E-state index contributed by atoms with van der Waals surface area (Å²) in [5, 5.41) is 9.43. The first-order chi connectivity index (χ1) is 7.66. The molecule has 2 nitrogen and oxygen atoms in total. The molecule has 0 saturated heterocycles. The smallest absolute Gasteiger partial charge is 0.0761 e. The lowest BCUT2D eigenvalue weighted by Gasteiger charge is -2.31. The van der Waals surface area contributed by atoms with Gasteiger partial charge < -0.3 is 10.0 Å². The highest BCUT2D eigenvalue weighted by Gasteiger charge is 2.19. The van der Waals surface area contributed by atoms with Gasteiger partial charge in [0.15, 0.2) is 0 Å². The molecule has 2 heteroatoms. The average Bonchev–Trinajstić information content (AvgIpc) is 2.23. The lowest BCUT2D eigenvalue weighted by molar-refractivity contribution is 0.199. The molecule has 0 radical (unpaired) electrons. The van der Waals surface area contributed by atoms with Crippen LogP contribution < -0.4 is 4.90 Å². The number of hydrogen-bond acceptors (Lipinski definition) is 2. The van der Waals surface area contributed by atoms with Crippen LogP contribution in [0.1, 0.15) is 37.9 Å². The Kier molecular flexibility index (Phi) is 3.49. The second kappa shape index (κ2) is 4.88. The highest BCUT2D eigenvalue weighted by atomic mass is 16.3. The van der Waals surface area contributed by atoms with E-state index in [0.717, 1.165) is 18.0 Å². The molecular formula is C14H21NO. The van der Waals surface area contributed by atoms with Crippen molar-refractivity contribution in [3.63, 3.8) is 0 Å². The van der Waals surface area contributed by atoms with Gasteiger partial charge in [-0.15, -0.1) is 0 Å². The maximum atomic E-state index is 9.43. The Morgan fingerprint density at radius 3 is 2.38 bits per heavy atom. The fraction of sp³-hybridized carbons (Fsp3) is 0.571. The lowest BCUT2D eigenvalue weighted by Crippen LogP contribution is -2.29. The van der Waals surface area contributed by atoms with Gasteiger partial charge in [-0.05, 0) is 43.4 Å². The number of aliphatic hydroxyl groups is 1. The van der Waals surface area contributed by atoms with Gasteiger partial charge in [0.05, 0.1) is 6.10 Å². The summed E-state index contributed by atoms with van der Waals surface area (Å²) in [5.74, 6) is 0.890. The van der Waals surface area contributed by atoms with Crippen molar-refractivity contribution in [1.82, 2.24) is 0 Å². The van der Waals surface area contributed by atoms with Crippen LogP contribution in [0, 0.1) is 5.92 Å². The number of aliphatic hydroxyl groups excluding tert-OH is 1. The van der Waals surface area contributed by atoms with Crippen molar-refractivity contribution < 1.29 is 5.11 Å². The summed E-state index contributed by atoms with van der Waals surface area (Å²) in [6.45, 7) is 2.96. The minimum absolute atomic E-state index is 0.369. The average molecular weight is 219 g/mol. The molecule has 1 fully saturated rings. The largest absolute Gasteiger partial charge is 0.389 e. The molecule has 88 valence electrons. The number of nitrogens with zero attached hydrogens (tertiary/aromatic N) is 1. The van der Waals surface area contributed by atoms with Crippen LogP contribution in [0.3, 0.4) is 0 Å². The first kappa shape index (κ1) is 11.5. The molecule has 1 N–H and O–H groups in total. The number of rotatable bonds is 4. The zero-order valence-corrected chi connectivity index (χ0v) is 10.2. The van der Waals surface area contributed by atoms with Crippen LogP contribution in [0.4, 0.5) is 5.69 Å². The molecule has 1 aliphatic carbocycles. The monoisotopic (exact) mass is 219 g/mol. The van der Waals surface area contributed by atoms with E-state index in [0.29, 0.717) is 0 Å². The van der Waals surface area contributed by atoms with E-state index in [1.54, 1.807) is 6.92 Å². The van der Waals surface area contributed by atoms with Crippen molar-refractivity contribution >= 4 is 5.69 Å². The predicted molar refractivity (Wildman–Crippen MR) is 67.7 cm³/mol. The molecule has 1 atom stereocenters. The summed E-state index contributed by atoms with van der Waals surface area (Å²) in [6, 6.07) is 8.22. The Hall–Kier alpha value is -1.02. The molecule has 0 heterocycles. The molecule has 1 saturated carbocycles. The molecule has 0 spiro atoms. The third-order valence-corrected chi connectivity index (χ3v) is 3.57. The zero-order chi connectivity index (χ0) is 11.5. The summed E-state index contributed by atoms with van der Waals surface area (Å²) in [6.07, 6.45) is 3.80. The second-order valence-electron chi connectivity index (χ2n) is 4.94. The summed E-state index contributed by atoms with van der Waals surface area (Å²) in [4.78, 5) is 2.32. The van der Waals surface area contributed by atoms with Crippen molar-refractivity contribution in [1.29, 1.82) is 0 Å². The van der Waals surface area contributed by atoms with E-state index < -0.39 is 0 Å². The highest BCUT2D eigenvalue weighted by Crippen LogP contribution is 2.28. The first-order valence-electron chi connectivity index (χ1n) is 6.16. The van der Waals surface area contributed by atoms with Crippen LogP contribution in [-0.4, -0.2) is 18.7 Å². The maximum absolute atomic E-state index is 9.43. The molecule has 16 heavy (non-hydrogen) atoms. The van der Waals surface area contributed by atoms with E-state index >= 15 is 0 Å². The van der Waals surface area contributed by atoms with E-state index in [1.165, 1.54) is 24.9 Å². The van der Waals surface area contributed by atoms with E-state index in [-0.39, 0.29) is 6.10 Å². The summed E-state index contributed by atoms with van der Waals surface area (Å²) in [5.41, 5.74) is 2.23. The standard InChI is InChI=1S/C14H21NO/c1-11(16)13-6-8-14(9-7-13)15(2)10-12-4-3-5-12/h6-9,11-12,16H,3-5,10H2,1-2H3/t11-/m1/s1. The fourth-order valence-electron chi connectivity index (χ4n) is 2.18. The van der Waals surface area contributed by atoms with Gasteiger partial charge in [0.1, 0.15) is 0 Å². The molecule has 0 aliphatic heterocycles. The summed E-state index contributed by atoms with van der Waals surface area (Å²) in [7, 11) is 2.15. The van der Waals surface area contributed by atoms with Gasteiger partial charge in [-0.1, -0.05) is 18.6 Å². The minimum atomic E-state index is -0.369. The van der Waals surface area contributed by atoms with Gasteiger partial charge in [0, 0.05) is 19.3 Å². The second-order valence-corrected chi connectivity index (χ2v) is 4.94. The Labute approximate surface area is 97.9 Å². The van der Waals surface area contributed by atoms with Gasteiger partial charge in [-0.3, -0.25) is 0 Å². The van der Waals surface area contributed by atoms with Crippen molar-refractivity contribution in [2.45, 2.75) is 32.3 Å². The maximum Gasteiger partial charge on any atom is 0.0761 e. The number of anilines is 1. The molecule has 1 aromatic carbocycles. The van der Waals surface area contributed by atoms with Crippen LogP contribution in [0.15, 0.2) is 24.3 Å². The Balaban J connectivity index is 1.97. The molecule has 2 rings (SSSR count). The first-order valence-corrected chi connectivity index (χ1v) is 6.16. The highest BCUT2D eigenvalue weighted by molar-refractivity contribution is 5.47. The van der Waals surface area contributed by atoms with Crippen LogP contribution in [0.2, 0.25) is 0 Å². The van der Waals surface area contributed by atoms with Crippen LogP contribution in [0.25, 0.3) is 0 Å². The zero-order valence-electron chi connectivity index (χ0n) is 10.2. The van der Waals surface area contributed by atoms with Gasteiger partial charge >= 0.3 is 0 Å². The van der Waals surface area contributed by atoms with Crippen molar-refractivity contribution in [3.8, 4) is 0 Å².